The number of rotatable bonds is 10. The highest BCUT2D eigenvalue weighted by Crippen LogP contribution is 2.49. The summed E-state index contributed by atoms with van der Waals surface area (Å²) in [4.78, 5) is 15.6. The van der Waals surface area contributed by atoms with Crippen LogP contribution in [0.5, 0.6) is 0 Å². The fraction of sp³-hybridized carbons (Fsp3) is 0.500. The summed E-state index contributed by atoms with van der Waals surface area (Å²) in [5.41, 5.74) is 7.65. The number of hydrogen-bond acceptors (Lipinski definition) is 4. The number of ether oxygens (including phenoxy) is 2. The van der Waals surface area contributed by atoms with E-state index in [1.54, 1.807) is 0 Å². The highest BCUT2D eigenvalue weighted by Gasteiger charge is 2.52. The van der Waals surface area contributed by atoms with Gasteiger partial charge in [-0.25, -0.2) is 0 Å². The van der Waals surface area contributed by atoms with Crippen molar-refractivity contribution in [2.45, 2.75) is 46.0 Å². The lowest BCUT2D eigenvalue weighted by molar-refractivity contribution is -0.123. The quantitative estimate of drug-likeness (QED) is 0.489. The van der Waals surface area contributed by atoms with Crippen LogP contribution in [-0.2, 0) is 19.7 Å². The van der Waals surface area contributed by atoms with Crippen LogP contribution in [0.25, 0.3) is 0 Å². The maximum Gasteiger partial charge on any atom is 0.238 e. The molecule has 0 aromatic heterocycles. The fourth-order valence-corrected chi connectivity index (χ4v) is 3.79. The second-order valence-corrected chi connectivity index (χ2v) is 7.47. The molecule has 1 amide bonds. The maximum absolute atomic E-state index is 13.7. The molecule has 1 aliphatic heterocycles. The molecule has 1 aliphatic rings. The zero-order valence-electron chi connectivity index (χ0n) is 17.0. The Bertz CT molecular complexity index is 704. The third kappa shape index (κ3) is 4.29. The number of nitrogens with two attached hydrogens (primary N) is 1. The summed E-state index contributed by atoms with van der Waals surface area (Å²) in [5.74, 6) is 1.52. The van der Waals surface area contributed by atoms with Crippen LogP contribution in [0.15, 0.2) is 42.9 Å². The summed E-state index contributed by atoms with van der Waals surface area (Å²) >= 11 is 0. The molecule has 0 fully saturated rings. The monoisotopic (exact) mass is 372 g/mol. The zero-order valence-corrected chi connectivity index (χ0v) is 17.0. The Labute approximate surface area is 162 Å². The van der Waals surface area contributed by atoms with Gasteiger partial charge in [0, 0.05) is 30.8 Å². The first-order valence-electron chi connectivity index (χ1n) is 9.58. The van der Waals surface area contributed by atoms with Crippen molar-refractivity contribution in [3.63, 3.8) is 0 Å². The molecule has 1 aromatic carbocycles. The van der Waals surface area contributed by atoms with E-state index in [1.165, 1.54) is 0 Å². The van der Waals surface area contributed by atoms with Crippen LogP contribution in [0, 0.1) is 5.92 Å². The minimum absolute atomic E-state index is 0.0264. The molecule has 0 spiro atoms. The molecule has 0 radical (unpaired) electrons. The van der Waals surface area contributed by atoms with Crippen molar-refractivity contribution >= 4 is 17.3 Å². The fourth-order valence-electron chi connectivity index (χ4n) is 3.79. The normalized spacial score (nSPS) is 15.0. The standard InChI is InChI=1S/C22H32N2O3/c1-7-26-16(5)12-22(13-17(6)27-8-2)19-11-18(23)9-10-20(19)24(21(22)25)14-15(3)4/h9-11,15H,5-8,12-14,23H2,1-4H3. The molecule has 0 saturated heterocycles. The third-order valence-electron chi connectivity index (χ3n) is 4.72. The van der Waals surface area contributed by atoms with Crippen LogP contribution in [0.3, 0.4) is 0 Å². The molecular formula is C22H32N2O3. The van der Waals surface area contributed by atoms with Gasteiger partial charge in [-0.3, -0.25) is 4.79 Å². The minimum Gasteiger partial charge on any atom is -0.499 e. The van der Waals surface area contributed by atoms with E-state index >= 15 is 0 Å². The Hall–Kier alpha value is -2.43. The van der Waals surface area contributed by atoms with Gasteiger partial charge in [0.05, 0.1) is 30.1 Å². The van der Waals surface area contributed by atoms with Crippen LogP contribution in [-0.4, -0.2) is 25.7 Å². The first kappa shape index (κ1) is 20.9. The van der Waals surface area contributed by atoms with Gasteiger partial charge >= 0.3 is 0 Å². The largest absolute Gasteiger partial charge is 0.499 e. The molecule has 1 heterocycles. The van der Waals surface area contributed by atoms with E-state index in [1.807, 2.05) is 36.9 Å². The van der Waals surface area contributed by atoms with Gasteiger partial charge in [-0.05, 0) is 43.5 Å². The summed E-state index contributed by atoms with van der Waals surface area (Å²) in [6.45, 7) is 17.7. The van der Waals surface area contributed by atoms with Gasteiger partial charge in [0.1, 0.15) is 0 Å². The predicted octanol–water partition coefficient (Wildman–Crippen LogP) is 4.39. The molecule has 0 unspecified atom stereocenters. The van der Waals surface area contributed by atoms with Crippen LogP contribution in [0.2, 0.25) is 0 Å². The number of carbonyl (C=O) groups is 1. The topological polar surface area (TPSA) is 64.8 Å². The van der Waals surface area contributed by atoms with Crippen molar-refractivity contribution in [1.29, 1.82) is 0 Å². The van der Waals surface area contributed by atoms with Crippen molar-refractivity contribution in [2.24, 2.45) is 5.92 Å². The van der Waals surface area contributed by atoms with Crippen molar-refractivity contribution in [3.8, 4) is 0 Å². The number of hydrogen-bond donors (Lipinski definition) is 1. The van der Waals surface area contributed by atoms with Crippen LogP contribution in [0.4, 0.5) is 11.4 Å². The number of amides is 1. The molecule has 1 aromatic rings. The van der Waals surface area contributed by atoms with Gasteiger partial charge in [0.2, 0.25) is 5.91 Å². The SMILES string of the molecule is C=C(CC1(CC(=C)OCC)C(=O)N(CC(C)C)c2ccc(N)cc21)OCC. The van der Waals surface area contributed by atoms with Gasteiger partial charge in [-0.1, -0.05) is 27.0 Å². The van der Waals surface area contributed by atoms with Crippen molar-refractivity contribution < 1.29 is 14.3 Å². The Morgan fingerprint density at radius 2 is 1.70 bits per heavy atom. The lowest BCUT2D eigenvalue weighted by atomic mass is 9.74. The molecule has 0 bridgehead atoms. The summed E-state index contributed by atoms with van der Waals surface area (Å²) in [6.07, 6.45) is 0.744. The Kier molecular flexibility index (Phi) is 6.58. The number of anilines is 2. The number of fused-ring (bicyclic) bond motifs is 1. The molecule has 27 heavy (non-hydrogen) atoms. The van der Waals surface area contributed by atoms with Crippen LogP contribution < -0.4 is 10.6 Å². The van der Waals surface area contributed by atoms with Crippen LogP contribution in [0.1, 0.15) is 46.1 Å². The van der Waals surface area contributed by atoms with Gasteiger partial charge in [0.15, 0.2) is 0 Å². The number of benzene rings is 1. The molecular weight excluding hydrogens is 340 g/mol. The molecule has 5 nitrogen and oxygen atoms in total. The lowest BCUT2D eigenvalue weighted by Gasteiger charge is -2.30. The predicted molar refractivity (Wildman–Crippen MR) is 110 cm³/mol. The summed E-state index contributed by atoms with van der Waals surface area (Å²) in [6, 6.07) is 5.66. The zero-order chi connectivity index (χ0) is 20.2. The Morgan fingerprint density at radius 1 is 1.15 bits per heavy atom. The van der Waals surface area contributed by atoms with E-state index < -0.39 is 5.41 Å². The smallest absolute Gasteiger partial charge is 0.238 e. The molecule has 2 N–H and O–H groups in total. The van der Waals surface area contributed by atoms with Crippen molar-refractivity contribution in [3.05, 3.63) is 48.4 Å². The van der Waals surface area contributed by atoms with E-state index in [-0.39, 0.29) is 5.91 Å². The van der Waals surface area contributed by atoms with Gasteiger partial charge in [0.25, 0.3) is 0 Å². The first-order valence-corrected chi connectivity index (χ1v) is 9.58. The maximum atomic E-state index is 13.7. The minimum atomic E-state index is -0.863. The Balaban J connectivity index is 2.58. The Morgan fingerprint density at radius 3 is 2.19 bits per heavy atom. The number of allylic oxidation sites excluding steroid dienone is 2. The first-order chi connectivity index (χ1) is 12.7. The molecule has 2 rings (SSSR count). The number of nitrogen functional groups attached to an aromatic ring is 1. The van der Waals surface area contributed by atoms with Gasteiger partial charge in [-0.15, -0.1) is 0 Å². The molecule has 0 aliphatic carbocycles. The summed E-state index contributed by atoms with van der Waals surface area (Å²) < 4.78 is 11.2. The average molecular weight is 373 g/mol. The highest BCUT2D eigenvalue weighted by molar-refractivity contribution is 6.08. The summed E-state index contributed by atoms with van der Waals surface area (Å²) in [5, 5.41) is 0. The highest BCUT2D eigenvalue weighted by atomic mass is 16.5. The third-order valence-corrected chi connectivity index (χ3v) is 4.72. The van der Waals surface area contributed by atoms with Gasteiger partial charge < -0.3 is 20.1 Å². The van der Waals surface area contributed by atoms with E-state index in [0.717, 1.165) is 11.3 Å². The second-order valence-electron chi connectivity index (χ2n) is 7.47. The molecule has 5 heteroatoms. The van der Waals surface area contributed by atoms with Gasteiger partial charge in [-0.2, -0.15) is 0 Å². The number of nitrogens with zero attached hydrogens (tertiary/aromatic N) is 1. The molecule has 0 atom stereocenters. The molecule has 0 saturated carbocycles. The average Bonchev–Trinajstić information content (AvgIpc) is 2.77. The lowest BCUT2D eigenvalue weighted by Crippen LogP contribution is -2.42. The second kappa shape index (κ2) is 8.51. The van der Waals surface area contributed by atoms with E-state index in [2.05, 4.69) is 27.0 Å². The van der Waals surface area contributed by atoms with E-state index in [4.69, 9.17) is 15.2 Å². The number of carbonyl (C=O) groups excluding carboxylic acids is 1. The summed E-state index contributed by atoms with van der Waals surface area (Å²) in [7, 11) is 0. The van der Waals surface area contributed by atoms with E-state index in [9.17, 15) is 4.79 Å². The van der Waals surface area contributed by atoms with Crippen molar-refractivity contribution in [2.75, 3.05) is 30.4 Å². The van der Waals surface area contributed by atoms with Crippen LogP contribution >= 0.6 is 0 Å². The molecule has 148 valence electrons. The van der Waals surface area contributed by atoms with E-state index in [0.29, 0.717) is 55.7 Å². The van der Waals surface area contributed by atoms with Crippen molar-refractivity contribution in [1.82, 2.24) is 0 Å².